The van der Waals surface area contributed by atoms with Gasteiger partial charge in [-0.1, -0.05) is 146 Å². The van der Waals surface area contributed by atoms with E-state index in [1.54, 1.807) is 0 Å². The predicted octanol–water partition coefficient (Wildman–Crippen LogP) is 11.8. The molecule has 10 rings (SSSR count). The van der Waals surface area contributed by atoms with Gasteiger partial charge in [0.2, 0.25) is 0 Å². The molecule has 0 aliphatic carbocycles. The summed E-state index contributed by atoms with van der Waals surface area (Å²) in [5.74, 6) is 3.65. The maximum atomic E-state index is 6.77. The van der Waals surface area contributed by atoms with Crippen molar-refractivity contribution in [1.82, 2.24) is 15.0 Å². The number of rotatable bonds is 5. The van der Waals surface area contributed by atoms with E-state index in [1.165, 1.54) is 27.1 Å². The van der Waals surface area contributed by atoms with Crippen LogP contribution in [-0.4, -0.2) is 15.0 Å². The lowest BCUT2D eigenvalue weighted by Crippen LogP contribution is -2.00. The maximum absolute atomic E-state index is 6.77. The lowest BCUT2D eigenvalue weighted by atomic mass is 9.90. The molecule has 0 amide bonds. The molecule has 0 fully saturated rings. The normalized spacial score (nSPS) is 11.8. The second-order valence-electron chi connectivity index (χ2n) is 12.4. The van der Waals surface area contributed by atoms with Crippen LogP contribution in [0, 0.1) is 0 Å². The van der Waals surface area contributed by atoms with Crippen LogP contribution in [0.3, 0.4) is 0 Å². The van der Waals surface area contributed by atoms with Gasteiger partial charge in [-0.25, -0.2) is 15.0 Å². The highest BCUT2D eigenvalue weighted by Gasteiger charge is 2.23. The van der Waals surface area contributed by atoms with Crippen molar-refractivity contribution in [2.24, 2.45) is 0 Å². The summed E-state index contributed by atoms with van der Waals surface area (Å²) in [5.41, 5.74) is 7.16. The molecule has 8 aromatic carbocycles. The van der Waals surface area contributed by atoms with Crippen LogP contribution in [0.1, 0.15) is 0 Å². The van der Waals surface area contributed by atoms with Crippen molar-refractivity contribution in [2.45, 2.75) is 0 Å². The van der Waals surface area contributed by atoms with Crippen LogP contribution in [0.2, 0.25) is 0 Å². The van der Waals surface area contributed by atoms with Crippen LogP contribution in [-0.2, 0) is 0 Å². The third kappa shape index (κ3) is 4.57. The molecule has 0 atom stereocenters. The summed E-state index contributed by atoms with van der Waals surface area (Å²) in [7, 11) is 0. The molecular formula is C45H27N3O. The largest absolute Gasteiger partial charge is 0.455 e. The van der Waals surface area contributed by atoms with Crippen molar-refractivity contribution in [2.75, 3.05) is 0 Å². The third-order valence-electron chi connectivity index (χ3n) is 9.48. The molecule has 1 aliphatic rings. The van der Waals surface area contributed by atoms with E-state index in [-0.39, 0.29) is 0 Å². The average molecular weight is 626 g/mol. The molecule has 2 heterocycles. The minimum Gasteiger partial charge on any atom is -0.455 e. The quantitative estimate of drug-likeness (QED) is 0.179. The molecule has 1 aliphatic heterocycles. The number of nitrogens with zero attached hydrogens (tertiary/aromatic N) is 3. The van der Waals surface area contributed by atoms with Crippen LogP contribution in [0.5, 0.6) is 11.5 Å². The standard InChI is InChI=1S/C45H27N3O/c1-3-9-28(10-4-1)29-17-23-34(24-18-29)44-46-43(33-11-5-2-6-12-33)47-45(48-44)36-15-7-14-35(27-36)37-26-25-32-22-21-31-20-19-30-13-8-16-38-39(30)40(31)41(32)42(37)49-38/h1-27H. The molecule has 0 radical (unpaired) electrons. The van der Waals surface area contributed by atoms with Crippen molar-refractivity contribution < 1.29 is 4.74 Å². The Bertz CT molecular complexity index is 2720. The molecule has 0 spiro atoms. The Kier molecular flexibility index (Phi) is 6.15. The monoisotopic (exact) mass is 625 g/mol. The van der Waals surface area contributed by atoms with Gasteiger partial charge in [0.05, 0.1) is 0 Å². The van der Waals surface area contributed by atoms with E-state index in [2.05, 4.69) is 127 Å². The molecule has 4 heteroatoms. The lowest BCUT2D eigenvalue weighted by molar-refractivity contribution is 0.494. The van der Waals surface area contributed by atoms with Gasteiger partial charge in [-0.2, -0.15) is 0 Å². The zero-order chi connectivity index (χ0) is 32.3. The van der Waals surface area contributed by atoms with Gasteiger partial charge in [0.15, 0.2) is 17.5 Å². The Morgan fingerprint density at radius 1 is 0.327 bits per heavy atom. The zero-order valence-electron chi connectivity index (χ0n) is 26.3. The molecule has 0 saturated heterocycles. The first-order chi connectivity index (χ1) is 24.3. The molecule has 4 nitrogen and oxygen atoms in total. The number of hydrogen-bond acceptors (Lipinski definition) is 4. The second kappa shape index (κ2) is 11.0. The topological polar surface area (TPSA) is 47.9 Å². The van der Waals surface area contributed by atoms with E-state index in [0.717, 1.165) is 55.7 Å². The van der Waals surface area contributed by atoms with E-state index < -0.39 is 0 Å². The van der Waals surface area contributed by atoms with Crippen molar-refractivity contribution >= 4 is 32.3 Å². The Morgan fingerprint density at radius 3 is 1.53 bits per heavy atom. The van der Waals surface area contributed by atoms with Crippen molar-refractivity contribution in [3.8, 4) is 67.9 Å². The summed E-state index contributed by atoms with van der Waals surface area (Å²) >= 11 is 0. The van der Waals surface area contributed by atoms with Gasteiger partial charge in [0, 0.05) is 38.4 Å². The van der Waals surface area contributed by atoms with E-state index in [0.29, 0.717) is 17.5 Å². The maximum Gasteiger partial charge on any atom is 0.164 e. The third-order valence-corrected chi connectivity index (χ3v) is 9.48. The number of ether oxygens (including phenoxy) is 1. The Hall–Kier alpha value is -6.65. The van der Waals surface area contributed by atoms with Gasteiger partial charge in [0.25, 0.3) is 0 Å². The molecule has 228 valence electrons. The van der Waals surface area contributed by atoms with Crippen LogP contribution in [0.15, 0.2) is 164 Å². The summed E-state index contributed by atoms with van der Waals surface area (Å²) in [6, 6.07) is 56.8. The Morgan fingerprint density at radius 2 is 0.816 bits per heavy atom. The van der Waals surface area contributed by atoms with E-state index in [9.17, 15) is 0 Å². The summed E-state index contributed by atoms with van der Waals surface area (Å²) in [6.45, 7) is 0. The van der Waals surface area contributed by atoms with Gasteiger partial charge in [-0.15, -0.1) is 0 Å². The molecule has 0 unspecified atom stereocenters. The Labute approximate surface area is 283 Å². The highest BCUT2D eigenvalue weighted by atomic mass is 16.5. The molecule has 0 saturated carbocycles. The van der Waals surface area contributed by atoms with Gasteiger partial charge in [-0.05, 0) is 51.0 Å². The minimum absolute atomic E-state index is 0.616. The summed E-state index contributed by atoms with van der Waals surface area (Å²) < 4.78 is 6.77. The van der Waals surface area contributed by atoms with E-state index in [1.807, 2.05) is 36.4 Å². The molecular weight excluding hydrogens is 599 g/mol. The second-order valence-corrected chi connectivity index (χ2v) is 12.4. The first-order valence-electron chi connectivity index (χ1n) is 16.4. The highest BCUT2D eigenvalue weighted by molar-refractivity contribution is 6.26. The van der Waals surface area contributed by atoms with Crippen molar-refractivity contribution in [1.29, 1.82) is 0 Å². The van der Waals surface area contributed by atoms with Gasteiger partial charge >= 0.3 is 0 Å². The van der Waals surface area contributed by atoms with E-state index in [4.69, 9.17) is 19.7 Å². The fourth-order valence-corrected chi connectivity index (χ4v) is 7.09. The molecule has 0 bridgehead atoms. The van der Waals surface area contributed by atoms with E-state index >= 15 is 0 Å². The van der Waals surface area contributed by atoms with Crippen molar-refractivity contribution in [3.05, 3.63) is 164 Å². The van der Waals surface area contributed by atoms with Crippen LogP contribution >= 0.6 is 0 Å². The summed E-state index contributed by atoms with van der Waals surface area (Å²) in [4.78, 5) is 15.0. The van der Waals surface area contributed by atoms with Crippen molar-refractivity contribution in [3.63, 3.8) is 0 Å². The minimum atomic E-state index is 0.616. The zero-order valence-corrected chi connectivity index (χ0v) is 26.3. The number of aromatic nitrogens is 3. The predicted molar refractivity (Wildman–Crippen MR) is 200 cm³/mol. The molecule has 0 N–H and O–H groups in total. The summed E-state index contributed by atoms with van der Waals surface area (Å²) in [6.07, 6.45) is 0. The van der Waals surface area contributed by atoms with Gasteiger partial charge in [-0.3, -0.25) is 0 Å². The number of hydrogen-bond donors (Lipinski definition) is 0. The lowest BCUT2D eigenvalue weighted by Gasteiger charge is -2.23. The van der Waals surface area contributed by atoms with Crippen LogP contribution in [0.25, 0.3) is 88.7 Å². The summed E-state index contributed by atoms with van der Waals surface area (Å²) in [5, 5.41) is 7.13. The average Bonchev–Trinajstić information content (AvgIpc) is 3.18. The first kappa shape index (κ1) is 27.5. The highest BCUT2D eigenvalue weighted by Crippen LogP contribution is 2.50. The molecule has 9 aromatic rings. The molecule has 1 aromatic heterocycles. The van der Waals surface area contributed by atoms with Gasteiger partial charge in [0.1, 0.15) is 11.5 Å². The first-order valence-corrected chi connectivity index (χ1v) is 16.4. The van der Waals surface area contributed by atoms with Gasteiger partial charge < -0.3 is 4.74 Å². The molecule has 49 heavy (non-hydrogen) atoms. The van der Waals surface area contributed by atoms with Crippen LogP contribution in [0.4, 0.5) is 0 Å². The van der Waals surface area contributed by atoms with Crippen LogP contribution < -0.4 is 4.74 Å². The Balaban J connectivity index is 1.12. The fourth-order valence-electron chi connectivity index (χ4n) is 7.09. The number of benzene rings is 8. The fraction of sp³-hybridized carbons (Fsp3) is 0. The SMILES string of the molecule is c1ccc(-c2ccc(-c3nc(-c4ccccc4)nc(-c4cccc(-c5ccc6ccc7ccc8cccc9c8c7c6c5O9)c4)n3)cc2)cc1. The smallest absolute Gasteiger partial charge is 0.164 e.